The molecule has 15 heteroatoms. The van der Waals surface area contributed by atoms with E-state index >= 15 is 0 Å². The molecule has 3 fully saturated rings. The van der Waals surface area contributed by atoms with Gasteiger partial charge in [0, 0.05) is 43.6 Å². The zero-order valence-corrected chi connectivity index (χ0v) is 53.7. The van der Waals surface area contributed by atoms with Crippen molar-refractivity contribution in [2.45, 2.75) is 224 Å². The zero-order chi connectivity index (χ0) is 61.1. The molecular formula is C69H104N2O12P+. The van der Waals surface area contributed by atoms with E-state index in [1.165, 1.54) is 34.2 Å². The van der Waals surface area contributed by atoms with Crippen LogP contribution in [-0.2, 0) is 33.2 Å². The predicted octanol–water partition coefficient (Wildman–Crippen LogP) is 9.27. The summed E-state index contributed by atoms with van der Waals surface area (Å²) < 4.78 is 38.6. The molecule has 0 aliphatic carbocycles. The van der Waals surface area contributed by atoms with E-state index in [0.717, 1.165) is 44.7 Å². The molecule has 0 amide bonds. The molecule has 0 aromatic heterocycles. The van der Waals surface area contributed by atoms with Crippen LogP contribution in [0.5, 0.6) is 0 Å². The largest absolute Gasteiger partial charge is 0.459 e. The van der Waals surface area contributed by atoms with Crippen molar-refractivity contribution in [3.8, 4) is 11.1 Å². The Morgan fingerprint density at radius 1 is 0.714 bits per heavy atom. The minimum absolute atomic E-state index is 0.119. The van der Waals surface area contributed by atoms with Crippen LogP contribution >= 0.6 is 7.26 Å². The molecule has 0 unspecified atom stereocenters. The first-order valence-electron chi connectivity index (χ1n) is 31.3. The lowest BCUT2D eigenvalue weighted by Crippen LogP contribution is -2.60. The first-order chi connectivity index (χ1) is 39.9. The second-order valence-electron chi connectivity index (χ2n) is 25.9. The van der Waals surface area contributed by atoms with E-state index in [4.69, 9.17) is 28.4 Å². The van der Waals surface area contributed by atoms with E-state index in [2.05, 4.69) is 127 Å². The van der Waals surface area contributed by atoms with Gasteiger partial charge in [0.2, 0.25) is 0 Å². The lowest BCUT2D eigenvalue weighted by atomic mass is 9.77. The number of ether oxygens (including phenoxy) is 6. The van der Waals surface area contributed by atoms with Gasteiger partial charge >= 0.3 is 5.97 Å². The Labute approximate surface area is 503 Å². The van der Waals surface area contributed by atoms with Gasteiger partial charge in [-0.25, -0.2) is 0 Å². The highest BCUT2D eigenvalue weighted by Crippen LogP contribution is 2.58. The number of aliphatic hydroxyl groups is 5. The molecule has 3 aliphatic rings. The molecule has 5 N–H and O–H groups in total. The number of esters is 1. The van der Waals surface area contributed by atoms with Crippen molar-refractivity contribution in [3.05, 3.63) is 115 Å². The van der Waals surface area contributed by atoms with Crippen LogP contribution in [0.25, 0.3) is 11.1 Å². The molecule has 7 rings (SSSR count). The van der Waals surface area contributed by atoms with Crippen LogP contribution in [0.1, 0.15) is 133 Å². The van der Waals surface area contributed by atoms with E-state index in [9.17, 15) is 30.3 Å². The van der Waals surface area contributed by atoms with Crippen LogP contribution < -0.4 is 15.9 Å². The number of aliphatic hydroxyl groups excluding tert-OH is 3. The Balaban J connectivity index is 1.12. The number of carbonyl (C=O) groups is 1. The molecule has 3 aliphatic heterocycles. The number of likely N-dealkylation sites (N-methyl/N-ethyl adjacent to an activating group) is 1. The van der Waals surface area contributed by atoms with Crippen molar-refractivity contribution in [3.63, 3.8) is 0 Å². The van der Waals surface area contributed by atoms with Crippen LogP contribution in [0.2, 0.25) is 0 Å². The zero-order valence-electron chi connectivity index (χ0n) is 52.8. The summed E-state index contributed by atoms with van der Waals surface area (Å²) in [6, 6.07) is 41.1. The van der Waals surface area contributed by atoms with Crippen molar-refractivity contribution in [1.82, 2.24) is 9.80 Å². The molecule has 3 saturated heterocycles. The molecule has 18 atom stereocenters. The number of methoxy groups -OCH3 is 1. The van der Waals surface area contributed by atoms with Gasteiger partial charge in [0.1, 0.15) is 53.2 Å². The highest BCUT2D eigenvalue weighted by Gasteiger charge is 2.53. The third-order valence-corrected chi connectivity index (χ3v) is 23.6. The smallest absolute Gasteiger partial charge is 0.311 e. The molecule has 14 nitrogen and oxygen atoms in total. The number of nitrogens with zero attached hydrogens (tertiary/aromatic N) is 2. The summed E-state index contributed by atoms with van der Waals surface area (Å²) >= 11 is 0. The lowest BCUT2D eigenvalue weighted by molar-refractivity contribution is -0.318. The molecule has 3 heterocycles. The third-order valence-electron chi connectivity index (χ3n) is 19.0. The third kappa shape index (κ3) is 15.8. The Morgan fingerprint density at radius 2 is 1.29 bits per heavy atom. The number of carbonyl (C=O) groups excluding carboxylic acids is 1. The van der Waals surface area contributed by atoms with Gasteiger partial charge in [-0.3, -0.25) is 9.69 Å². The van der Waals surface area contributed by atoms with Gasteiger partial charge in [-0.2, -0.15) is 0 Å². The van der Waals surface area contributed by atoms with E-state index in [1.54, 1.807) is 34.6 Å². The molecule has 4 aromatic carbocycles. The van der Waals surface area contributed by atoms with E-state index in [0.29, 0.717) is 19.5 Å². The quantitative estimate of drug-likeness (QED) is 0.0321. The fourth-order valence-electron chi connectivity index (χ4n) is 14.1. The molecule has 0 bridgehead atoms. The Kier molecular flexibility index (Phi) is 24.2. The van der Waals surface area contributed by atoms with Gasteiger partial charge in [0.05, 0.1) is 47.7 Å². The summed E-state index contributed by atoms with van der Waals surface area (Å²) in [5, 5.41) is 65.2. The Hall–Kier alpha value is -3.70. The predicted molar refractivity (Wildman–Crippen MR) is 336 cm³/mol. The SMILES string of the molecule is CC[C@H]1OC(=O)[C@H](C)[C@@H](O[C@H]2C[C@@](C)(OC)[C@@H](O)[C@H](C)O2)[C@H](C)[C@@H](O[C@@H]2O[C@H](C)C[C@H](N(C)C)[C@H]2O)[C@](C)(O)C[C@@H](C)CN(CCCCCCCC[P+](c2ccccc2)(c2ccccc2)c2ccccc2-c2ccccc2)[C@H](C)[C@@H](O)[C@]1(C)O. The Bertz CT molecular complexity index is 2570. The number of cyclic esters (lactones) is 1. The highest BCUT2D eigenvalue weighted by atomic mass is 31.2. The number of rotatable bonds is 20. The average molecular weight is 1180 g/mol. The number of benzene rings is 4. The van der Waals surface area contributed by atoms with Crippen molar-refractivity contribution >= 4 is 29.1 Å². The summed E-state index contributed by atoms with van der Waals surface area (Å²) in [4.78, 5) is 18.9. The van der Waals surface area contributed by atoms with Crippen molar-refractivity contribution in [2.75, 3.05) is 40.5 Å². The number of hydrogen-bond acceptors (Lipinski definition) is 14. The van der Waals surface area contributed by atoms with Crippen LogP contribution in [0.15, 0.2) is 115 Å². The molecule has 0 radical (unpaired) electrons. The molecule has 466 valence electrons. The second-order valence-corrected chi connectivity index (χ2v) is 29.5. The lowest BCUT2D eigenvalue weighted by Gasteiger charge is -2.48. The summed E-state index contributed by atoms with van der Waals surface area (Å²) in [6.07, 6.45) is -1.53. The fourth-order valence-corrected chi connectivity index (χ4v) is 18.7. The minimum atomic E-state index is -2.11. The summed E-state index contributed by atoms with van der Waals surface area (Å²) in [7, 11) is 3.23. The van der Waals surface area contributed by atoms with Crippen LogP contribution in [0, 0.1) is 17.8 Å². The van der Waals surface area contributed by atoms with Crippen LogP contribution in [0.4, 0.5) is 0 Å². The maximum Gasteiger partial charge on any atom is 0.311 e. The summed E-state index contributed by atoms with van der Waals surface area (Å²) in [6.45, 7) is 19.2. The van der Waals surface area contributed by atoms with Crippen molar-refractivity contribution in [2.24, 2.45) is 17.8 Å². The topological polar surface area (TPSA) is 180 Å². The maximum absolute atomic E-state index is 14.8. The molecule has 0 saturated carbocycles. The summed E-state index contributed by atoms with van der Waals surface area (Å²) in [5.41, 5.74) is -2.03. The van der Waals surface area contributed by atoms with Gasteiger partial charge in [0.15, 0.2) is 12.6 Å². The number of hydrogen-bond donors (Lipinski definition) is 5. The monoisotopic (exact) mass is 1180 g/mol. The maximum atomic E-state index is 14.8. The number of unbranched alkanes of at least 4 members (excludes halogenated alkanes) is 5. The van der Waals surface area contributed by atoms with Gasteiger partial charge in [0.25, 0.3) is 0 Å². The van der Waals surface area contributed by atoms with Crippen molar-refractivity contribution < 1.29 is 58.7 Å². The van der Waals surface area contributed by atoms with Gasteiger partial charge < -0.3 is 58.9 Å². The van der Waals surface area contributed by atoms with E-state index in [-0.39, 0.29) is 37.3 Å². The standard InChI is InChI=1S/C69H104N2O12P/c1-14-58-69(10,77)62(73)50(6)71(40-30-17-15-16-18-31-41-84(53-34-24-20-25-35-53,54-36-26-21-27-37-54)57-39-29-28-38-55(57)52-32-22-19-23-33-52)45-46(2)43-67(8,76)64(83-66-60(72)56(70(11)12)42-47(3)79-66)48(4)61(49(5)65(75)81-58)82-59-44-68(9,78-13)63(74)51(7)80-59/h19-29,32-39,46-51,56,58-64,66,72-74,76-77H,14-18,30-31,40-45H2,1-13H3/q+1/t46-,47-,48+,49-,50-,51+,56+,58-,59+,60-,61+,62-,63+,64-,66+,67-,68-,69-/m1/s1. The summed E-state index contributed by atoms with van der Waals surface area (Å²) in [5.74, 6) is -2.71. The molecular weight excluding hydrogens is 1080 g/mol. The van der Waals surface area contributed by atoms with Gasteiger partial charge in [-0.15, -0.1) is 0 Å². The first-order valence-corrected chi connectivity index (χ1v) is 33.3. The van der Waals surface area contributed by atoms with Gasteiger partial charge in [-0.05, 0) is 149 Å². The van der Waals surface area contributed by atoms with E-state index < -0.39 is 103 Å². The fraction of sp³-hybridized carbons (Fsp3) is 0.638. The van der Waals surface area contributed by atoms with E-state index in [1.807, 2.05) is 46.7 Å². The van der Waals surface area contributed by atoms with Crippen LogP contribution in [-0.4, -0.2) is 172 Å². The van der Waals surface area contributed by atoms with Crippen LogP contribution in [0.3, 0.4) is 0 Å². The Morgan fingerprint density at radius 3 is 1.88 bits per heavy atom. The first kappa shape index (κ1) is 67.8. The van der Waals surface area contributed by atoms with Gasteiger partial charge in [-0.1, -0.05) is 125 Å². The minimum Gasteiger partial charge on any atom is -0.459 e. The second kappa shape index (κ2) is 30.0. The molecule has 84 heavy (non-hydrogen) atoms. The molecule has 4 aromatic rings. The highest BCUT2D eigenvalue weighted by molar-refractivity contribution is 7.95. The van der Waals surface area contributed by atoms with Crippen molar-refractivity contribution in [1.29, 1.82) is 0 Å². The average Bonchev–Trinajstić information content (AvgIpc) is 1.18. The normalized spacial score (nSPS) is 35.3. The molecule has 0 spiro atoms.